The number of benzene rings is 2. The van der Waals surface area contributed by atoms with Crippen LogP contribution in [-0.2, 0) is 9.59 Å². The number of hydrogen-bond acceptors (Lipinski definition) is 4. The molecular weight excluding hydrogens is 471 g/mol. The van der Waals surface area contributed by atoms with Gasteiger partial charge in [0.05, 0.1) is 22.8 Å². The molecule has 1 aliphatic heterocycles. The fraction of sp³-hybridized carbons (Fsp3) is 0.105. The molecule has 1 fully saturated rings. The zero-order valence-electron chi connectivity index (χ0n) is 14.7. The third-order valence-electron chi connectivity index (χ3n) is 4.04. The maximum Gasteiger partial charge on any atom is 0.335 e. The summed E-state index contributed by atoms with van der Waals surface area (Å²) in [6, 6.07) is 7.17. The molecule has 0 saturated carbocycles. The molecule has 2 aromatic carbocycles. The monoisotopic (exact) mass is 482 g/mol. The Morgan fingerprint density at radius 1 is 1.11 bits per heavy atom. The van der Waals surface area contributed by atoms with Gasteiger partial charge in [-0.25, -0.2) is 9.69 Å². The van der Waals surface area contributed by atoms with Crippen LogP contribution in [0.1, 0.15) is 11.1 Å². The number of carbonyl (C=O) groups excluding carboxylic acids is 3. The highest BCUT2D eigenvalue weighted by molar-refractivity contribution is 9.10. The van der Waals surface area contributed by atoms with E-state index in [0.717, 1.165) is 14.9 Å². The first-order chi connectivity index (χ1) is 13.2. The second kappa shape index (κ2) is 7.95. The lowest BCUT2D eigenvalue weighted by Gasteiger charge is -2.26. The second-order valence-electron chi connectivity index (χ2n) is 5.91. The summed E-state index contributed by atoms with van der Waals surface area (Å²) in [6.07, 6.45) is 1.32. The van der Waals surface area contributed by atoms with Crippen molar-refractivity contribution in [2.75, 3.05) is 12.0 Å². The summed E-state index contributed by atoms with van der Waals surface area (Å²) < 4.78 is 5.91. The van der Waals surface area contributed by atoms with Crippen molar-refractivity contribution in [2.45, 2.75) is 6.92 Å². The number of amides is 4. The minimum absolute atomic E-state index is 0.224. The lowest BCUT2D eigenvalue weighted by atomic mass is 10.1. The first-order valence-electron chi connectivity index (χ1n) is 7.93. The van der Waals surface area contributed by atoms with Gasteiger partial charge in [0.25, 0.3) is 11.8 Å². The van der Waals surface area contributed by atoms with Crippen LogP contribution >= 0.6 is 39.1 Å². The van der Waals surface area contributed by atoms with Gasteiger partial charge in [0.1, 0.15) is 5.57 Å². The topological polar surface area (TPSA) is 75.7 Å². The fourth-order valence-electron chi connectivity index (χ4n) is 2.68. The zero-order chi connectivity index (χ0) is 20.6. The lowest BCUT2D eigenvalue weighted by Crippen LogP contribution is -2.54. The van der Waals surface area contributed by atoms with Crippen molar-refractivity contribution in [1.82, 2.24) is 5.32 Å². The van der Waals surface area contributed by atoms with Gasteiger partial charge in [-0.2, -0.15) is 0 Å². The Kier molecular flexibility index (Phi) is 5.79. The smallest absolute Gasteiger partial charge is 0.335 e. The van der Waals surface area contributed by atoms with E-state index in [4.69, 9.17) is 27.9 Å². The van der Waals surface area contributed by atoms with E-state index in [0.29, 0.717) is 11.3 Å². The molecule has 0 unspecified atom stereocenters. The van der Waals surface area contributed by atoms with Crippen LogP contribution in [0.2, 0.25) is 10.0 Å². The number of hydrogen-bond donors (Lipinski definition) is 1. The van der Waals surface area contributed by atoms with Crippen molar-refractivity contribution >= 4 is 68.7 Å². The van der Waals surface area contributed by atoms with Gasteiger partial charge in [-0.15, -0.1) is 0 Å². The highest BCUT2D eigenvalue weighted by Crippen LogP contribution is 2.35. The van der Waals surface area contributed by atoms with E-state index >= 15 is 0 Å². The molecule has 0 aromatic heterocycles. The SMILES string of the molecule is COc1c(Cl)cc(/C=C2\C(=O)NC(=O)N(c3ccc(Br)c(C)c3)C2=O)cc1Cl. The van der Waals surface area contributed by atoms with Crippen LogP contribution in [0.5, 0.6) is 5.75 Å². The summed E-state index contributed by atoms with van der Waals surface area (Å²) in [6.45, 7) is 1.82. The number of rotatable bonds is 3. The number of urea groups is 1. The molecule has 1 N–H and O–H groups in total. The first-order valence-corrected chi connectivity index (χ1v) is 9.48. The minimum Gasteiger partial charge on any atom is -0.494 e. The third kappa shape index (κ3) is 3.78. The molecule has 1 saturated heterocycles. The molecule has 0 aliphatic carbocycles. The highest BCUT2D eigenvalue weighted by atomic mass is 79.9. The standard InChI is InChI=1S/C19H13BrCl2N2O4/c1-9-5-11(3-4-13(9)20)24-18(26)12(17(25)23-19(24)27)6-10-7-14(21)16(28-2)15(22)8-10/h3-8H,1-2H3,(H,23,25,27)/b12-6+. The Bertz CT molecular complexity index is 1030. The quantitative estimate of drug-likeness (QED) is 0.505. The minimum atomic E-state index is -0.820. The van der Waals surface area contributed by atoms with Crippen molar-refractivity contribution in [1.29, 1.82) is 0 Å². The summed E-state index contributed by atoms with van der Waals surface area (Å²) >= 11 is 15.6. The third-order valence-corrected chi connectivity index (χ3v) is 5.49. The van der Waals surface area contributed by atoms with Gasteiger partial charge in [-0.1, -0.05) is 39.1 Å². The molecule has 0 radical (unpaired) electrons. The van der Waals surface area contributed by atoms with Gasteiger partial charge in [0.15, 0.2) is 5.75 Å². The van der Waals surface area contributed by atoms with Crippen LogP contribution < -0.4 is 15.0 Å². The molecule has 0 spiro atoms. The molecule has 4 amide bonds. The molecular formula is C19H13BrCl2N2O4. The van der Waals surface area contributed by atoms with Crippen molar-refractivity contribution in [3.05, 3.63) is 61.5 Å². The number of halogens is 3. The van der Waals surface area contributed by atoms with E-state index in [1.807, 2.05) is 6.92 Å². The van der Waals surface area contributed by atoms with E-state index < -0.39 is 17.8 Å². The van der Waals surface area contributed by atoms with Gasteiger partial charge in [0.2, 0.25) is 0 Å². The number of nitrogens with one attached hydrogen (secondary N) is 1. The molecule has 6 nitrogen and oxygen atoms in total. The molecule has 1 aliphatic rings. The van der Waals surface area contributed by atoms with Gasteiger partial charge in [0, 0.05) is 4.47 Å². The number of carbonyl (C=O) groups is 3. The first kappa shape index (κ1) is 20.4. The Labute approximate surface area is 179 Å². The van der Waals surface area contributed by atoms with Gasteiger partial charge in [-0.3, -0.25) is 14.9 Å². The molecule has 2 aromatic rings. The maximum absolute atomic E-state index is 12.9. The van der Waals surface area contributed by atoms with Gasteiger partial charge < -0.3 is 4.74 Å². The van der Waals surface area contributed by atoms with Gasteiger partial charge in [-0.05, 0) is 54.5 Å². The summed E-state index contributed by atoms with van der Waals surface area (Å²) in [7, 11) is 1.42. The van der Waals surface area contributed by atoms with E-state index in [2.05, 4.69) is 21.2 Å². The van der Waals surface area contributed by atoms with Crippen LogP contribution in [0, 0.1) is 6.92 Å². The normalized spacial score (nSPS) is 15.8. The summed E-state index contributed by atoms with van der Waals surface area (Å²) in [5.41, 5.74) is 1.36. The average molecular weight is 484 g/mol. The highest BCUT2D eigenvalue weighted by Gasteiger charge is 2.37. The predicted octanol–water partition coefficient (Wildman–Crippen LogP) is 4.74. The van der Waals surface area contributed by atoms with Crippen molar-refractivity contribution in [2.24, 2.45) is 0 Å². The van der Waals surface area contributed by atoms with E-state index in [1.54, 1.807) is 18.2 Å². The number of imide groups is 2. The molecule has 144 valence electrons. The van der Waals surface area contributed by atoms with Crippen LogP contribution in [-0.4, -0.2) is 25.0 Å². The Hall–Kier alpha value is -2.35. The van der Waals surface area contributed by atoms with E-state index in [-0.39, 0.29) is 21.4 Å². The number of methoxy groups -OCH3 is 1. The molecule has 28 heavy (non-hydrogen) atoms. The van der Waals surface area contributed by atoms with Crippen LogP contribution in [0.15, 0.2) is 40.4 Å². The number of aryl methyl sites for hydroxylation is 1. The maximum atomic E-state index is 12.9. The molecule has 0 bridgehead atoms. The molecule has 1 heterocycles. The summed E-state index contributed by atoms with van der Waals surface area (Å²) in [5.74, 6) is -1.27. The number of barbiturate groups is 1. The van der Waals surface area contributed by atoms with Gasteiger partial charge >= 0.3 is 6.03 Å². The number of ether oxygens (including phenoxy) is 1. The average Bonchev–Trinajstić information content (AvgIpc) is 2.61. The Morgan fingerprint density at radius 2 is 1.75 bits per heavy atom. The molecule has 0 atom stereocenters. The van der Waals surface area contributed by atoms with E-state index in [1.165, 1.54) is 25.3 Å². The summed E-state index contributed by atoms with van der Waals surface area (Å²) in [5, 5.41) is 2.62. The lowest BCUT2D eigenvalue weighted by molar-refractivity contribution is -0.122. The largest absolute Gasteiger partial charge is 0.494 e. The van der Waals surface area contributed by atoms with E-state index in [9.17, 15) is 14.4 Å². The van der Waals surface area contributed by atoms with Crippen LogP contribution in [0.25, 0.3) is 6.08 Å². The molecule has 9 heteroatoms. The van der Waals surface area contributed by atoms with Crippen molar-refractivity contribution < 1.29 is 19.1 Å². The van der Waals surface area contributed by atoms with Crippen molar-refractivity contribution in [3.8, 4) is 5.75 Å². The Balaban J connectivity index is 2.05. The number of nitrogens with zero attached hydrogens (tertiary/aromatic N) is 1. The fourth-order valence-corrected chi connectivity index (χ4v) is 3.59. The van der Waals surface area contributed by atoms with Crippen molar-refractivity contribution in [3.63, 3.8) is 0 Å². The van der Waals surface area contributed by atoms with Crippen LogP contribution in [0.4, 0.5) is 10.5 Å². The zero-order valence-corrected chi connectivity index (χ0v) is 17.8. The van der Waals surface area contributed by atoms with Crippen LogP contribution in [0.3, 0.4) is 0 Å². The summed E-state index contributed by atoms with van der Waals surface area (Å²) in [4.78, 5) is 38.4. The predicted molar refractivity (Wildman–Crippen MR) is 111 cm³/mol. The number of anilines is 1. The second-order valence-corrected chi connectivity index (χ2v) is 7.58. The Morgan fingerprint density at radius 3 is 2.32 bits per heavy atom. The molecule has 3 rings (SSSR count).